The third-order valence-electron chi connectivity index (χ3n) is 4.88. The molecule has 2 saturated heterocycles. The van der Waals surface area contributed by atoms with Crippen LogP contribution in [0, 0.1) is 5.92 Å². The number of nitrogens with zero attached hydrogens (tertiary/aromatic N) is 2. The Kier molecular flexibility index (Phi) is 4.88. The molecular formula is C15H26N2O4. The fourth-order valence-electron chi connectivity index (χ4n) is 3.85. The molecule has 0 saturated carbocycles. The van der Waals surface area contributed by atoms with Crippen LogP contribution in [-0.2, 0) is 14.3 Å². The minimum Gasteiger partial charge on any atom is -0.394 e. The maximum absolute atomic E-state index is 12.5. The summed E-state index contributed by atoms with van der Waals surface area (Å²) in [7, 11) is 1.58. The SMILES string of the molecule is COCCC(=O)N1[C@H]2CCN(C(C)=O)C[C@@H]2C[C@]1(C)CO. The molecule has 0 radical (unpaired) electrons. The van der Waals surface area contributed by atoms with E-state index in [2.05, 4.69) is 0 Å². The van der Waals surface area contributed by atoms with Gasteiger partial charge in [-0.2, -0.15) is 0 Å². The molecule has 0 aliphatic carbocycles. The van der Waals surface area contributed by atoms with Crippen molar-refractivity contribution in [3.8, 4) is 0 Å². The van der Waals surface area contributed by atoms with Gasteiger partial charge in [-0.25, -0.2) is 0 Å². The zero-order chi connectivity index (χ0) is 15.6. The standard InChI is InChI=1S/C15H26N2O4/c1-11(19)16-6-4-13-12(9-16)8-15(2,10-18)17(13)14(20)5-7-21-3/h12-13,18H,4-10H2,1-3H3/t12-,13-,15+/m0/s1. The van der Waals surface area contributed by atoms with Crippen LogP contribution >= 0.6 is 0 Å². The summed E-state index contributed by atoms with van der Waals surface area (Å²) in [6, 6.07) is 0.127. The van der Waals surface area contributed by atoms with Gasteiger partial charge in [0.05, 0.1) is 25.2 Å². The molecule has 0 bridgehead atoms. The van der Waals surface area contributed by atoms with Crippen LogP contribution in [0.25, 0.3) is 0 Å². The van der Waals surface area contributed by atoms with Crippen molar-refractivity contribution in [2.45, 2.75) is 44.7 Å². The number of carbonyl (C=O) groups is 2. The highest BCUT2D eigenvalue weighted by molar-refractivity contribution is 5.78. The number of hydrogen-bond acceptors (Lipinski definition) is 4. The number of likely N-dealkylation sites (tertiary alicyclic amines) is 2. The first kappa shape index (κ1) is 16.2. The summed E-state index contributed by atoms with van der Waals surface area (Å²) in [5, 5.41) is 9.79. The molecule has 3 atom stereocenters. The monoisotopic (exact) mass is 298 g/mol. The molecule has 0 spiro atoms. The Morgan fingerprint density at radius 1 is 1.43 bits per heavy atom. The summed E-state index contributed by atoms with van der Waals surface area (Å²) in [6.45, 7) is 5.25. The van der Waals surface area contributed by atoms with Crippen molar-refractivity contribution >= 4 is 11.8 Å². The Hall–Kier alpha value is -1.14. The van der Waals surface area contributed by atoms with Gasteiger partial charge in [0.25, 0.3) is 0 Å². The predicted octanol–water partition coefficient (Wildman–Crippen LogP) is 0.243. The van der Waals surface area contributed by atoms with Crippen molar-refractivity contribution in [3.05, 3.63) is 0 Å². The van der Waals surface area contributed by atoms with Gasteiger partial charge >= 0.3 is 0 Å². The van der Waals surface area contributed by atoms with Gasteiger partial charge in [-0.05, 0) is 25.7 Å². The van der Waals surface area contributed by atoms with Gasteiger partial charge < -0.3 is 19.6 Å². The van der Waals surface area contributed by atoms with E-state index in [0.717, 1.165) is 12.8 Å². The summed E-state index contributed by atoms with van der Waals surface area (Å²) in [4.78, 5) is 27.8. The molecule has 2 aliphatic heterocycles. The number of methoxy groups -OCH3 is 1. The van der Waals surface area contributed by atoms with Crippen molar-refractivity contribution in [3.63, 3.8) is 0 Å². The Morgan fingerprint density at radius 2 is 2.14 bits per heavy atom. The lowest BCUT2D eigenvalue weighted by Crippen LogP contribution is -2.54. The molecule has 120 valence electrons. The van der Waals surface area contributed by atoms with Gasteiger partial charge in [0.1, 0.15) is 0 Å². The van der Waals surface area contributed by atoms with Crippen molar-refractivity contribution in [1.82, 2.24) is 9.80 Å². The third kappa shape index (κ3) is 3.06. The lowest BCUT2D eigenvalue weighted by molar-refractivity contribution is -0.141. The minimum absolute atomic E-state index is 0.0391. The van der Waals surface area contributed by atoms with Gasteiger partial charge in [0.15, 0.2) is 0 Å². The normalized spacial score (nSPS) is 32.2. The van der Waals surface area contributed by atoms with Gasteiger partial charge in [-0.3, -0.25) is 9.59 Å². The summed E-state index contributed by atoms with van der Waals surface area (Å²) >= 11 is 0. The number of aliphatic hydroxyl groups excluding tert-OH is 1. The van der Waals surface area contributed by atoms with Crippen LogP contribution in [0.2, 0.25) is 0 Å². The zero-order valence-electron chi connectivity index (χ0n) is 13.2. The van der Waals surface area contributed by atoms with Crippen LogP contribution in [0.4, 0.5) is 0 Å². The van der Waals surface area contributed by atoms with Gasteiger partial charge in [-0.1, -0.05) is 0 Å². The van der Waals surface area contributed by atoms with E-state index in [0.29, 0.717) is 26.1 Å². The van der Waals surface area contributed by atoms with E-state index in [9.17, 15) is 14.7 Å². The first-order valence-electron chi connectivity index (χ1n) is 7.60. The van der Waals surface area contributed by atoms with E-state index in [1.54, 1.807) is 14.0 Å². The lowest BCUT2D eigenvalue weighted by atomic mass is 9.89. The average Bonchev–Trinajstić information content (AvgIpc) is 2.76. The van der Waals surface area contributed by atoms with E-state index in [1.165, 1.54) is 0 Å². The second kappa shape index (κ2) is 6.32. The van der Waals surface area contributed by atoms with E-state index in [-0.39, 0.29) is 30.4 Å². The highest BCUT2D eigenvalue weighted by Gasteiger charge is 2.52. The van der Waals surface area contributed by atoms with Crippen LogP contribution in [0.3, 0.4) is 0 Å². The van der Waals surface area contributed by atoms with E-state index < -0.39 is 5.54 Å². The molecule has 2 heterocycles. The summed E-state index contributed by atoms with van der Waals surface area (Å²) in [5.74, 6) is 0.381. The fraction of sp³-hybridized carbons (Fsp3) is 0.867. The van der Waals surface area contributed by atoms with Crippen LogP contribution in [0.1, 0.15) is 33.1 Å². The van der Waals surface area contributed by atoms with Crippen LogP contribution in [-0.4, -0.2) is 71.7 Å². The molecule has 0 unspecified atom stereocenters. The topological polar surface area (TPSA) is 70.1 Å². The Bertz CT molecular complexity index is 414. The van der Waals surface area contributed by atoms with Gasteiger partial charge in [0, 0.05) is 33.2 Å². The molecule has 0 aromatic heterocycles. The third-order valence-corrected chi connectivity index (χ3v) is 4.88. The van der Waals surface area contributed by atoms with Crippen molar-refractivity contribution in [2.24, 2.45) is 5.92 Å². The number of aliphatic hydroxyl groups is 1. The quantitative estimate of drug-likeness (QED) is 0.807. The van der Waals surface area contributed by atoms with Crippen LogP contribution in [0.5, 0.6) is 0 Å². The Balaban J connectivity index is 2.15. The van der Waals surface area contributed by atoms with Crippen LogP contribution < -0.4 is 0 Å². The molecule has 2 amide bonds. The Morgan fingerprint density at radius 3 is 2.71 bits per heavy atom. The van der Waals surface area contributed by atoms with Gasteiger partial charge in [0.2, 0.25) is 11.8 Å². The number of hydrogen-bond donors (Lipinski definition) is 1. The molecule has 0 aromatic carbocycles. The minimum atomic E-state index is -0.521. The second-order valence-electron chi connectivity index (χ2n) is 6.45. The number of rotatable bonds is 4. The lowest BCUT2D eigenvalue weighted by Gasteiger charge is -2.40. The molecule has 2 aliphatic rings. The molecule has 21 heavy (non-hydrogen) atoms. The first-order chi connectivity index (χ1) is 9.92. The molecule has 6 heteroatoms. The van der Waals surface area contributed by atoms with Crippen molar-refractivity contribution < 1.29 is 19.4 Å². The number of piperidine rings is 1. The van der Waals surface area contributed by atoms with Crippen LogP contribution in [0.15, 0.2) is 0 Å². The number of carbonyl (C=O) groups excluding carboxylic acids is 2. The number of fused-ring (bicyclic) bond motifs is 1. The van der Waals surface area contributed by atoms with Gasteiger partial charge in [-0.15, -0.1) is 0 Å². The highest BCUT2D eigenvalue weighted by atomic mass is 16.5. The number of ether oxygens (including phenoxy) is 1. The summed E-state index contributed by atoms with van der Waals surface area (Å²) in [5.41, 5.74) is -0.521. The number of amides is 2. The smallest absolute Gasteiger partial charge is 0.225 e. The molecule has 1 N–H and O–H groups in total. The van der Waals surface area contributed by atoms with E-state index in [4.69, 9.17) is 4.74 Å². The second-order valence-corrected chi connectivity index (χ2v) is 6.45. The molecule has 2 fully saturated rings. The zero-order valence-corrected chi connectivity index (χ0v) is 13.2. The Labute approximate surface area is 126 Å². The maximum Gasteiger partial charge on any atom is 0.225 e. The average molecular weight is 298 g/mol. The fourth-order valence-corrected chi connectivity index (χ4v) is 3.85. The maximum atomic E-state index is 12.5. The van der Waals surface area contributed by atoms with E-state index in [1.807, 2.05) is 16.7 Å². The molecular weight excluding hydrogens is 272 g/mol. The van der Waals surface area contributed by atoms with Crippen molar-refractivity contribution in [2.75, 3.05) is 33.4 Å². The predicted molar refractivity (Wildman–Crippen MR) is 77.6 cm³/mol. The van der Waals surface area contributed by atoms with E-state index >= 15 is 0 Å². The van der Waals surface area contributed by atoms with Crippen molar-refractivity contribution in [1.29, 1.82) is 0 Å². The molecule has 6 nitrogen and oxygen atoms in total. The summed E-state index contributed by atoms with van der Waals surface area (Å²) in [6.07, 6.45) is 1.88. The molecule has 0 aromatic rings. The largest absolute Gasteiger partial charge is 0.394 e. The molecule has 2 rings (SSSR count). The first-order valence-corrected chi connectivity index (χ1v) is 7.60. The summed E-state index contributed by atoms with van der Waals surface area (Å²) < 4.78 is 5.00. The highest BCUT2D eigenvalue weighted by Crippen LogP contribution is 2.42.